The van der Waals surface area contributed by atoms with Gasteiger partial charge in [-0.2, -0.15) is 13.2 Å². The monoisotopic (exact) mass is 509 g/mol. The van der Waals surface area contributed by atoms with Gasteiger partial charge in [-0.25, -0.2) is 4.79 Å². The van der Waals surface area contributed by atoms with Gasteiger partial charge in [0.25, 0.3) is 0 Å². The number of halogens is 3. The Kier molecular flexibility index (Phi) is 8.43. The number of benzene rings is 1. The SMILES string of the molecule is COc1cc2c(NC3CC3)c3c(nc2cc1OCCCN1CCCC1)CCCC3.O=C(O)C(F)(F)F. The summed E-state index contributed by atoms with van der Waals surface area (Å²) in [4.78, 5) is 16.5. The van der Waals surface area contributed by atoms with Gasteiger partial charge in [-0.05, 0) is 82.5 Å². The number of aryl methyl sites for hydroxylation is 1. The van der Waals surface area contributed by atoms with Crippen molar-refractivity contribution in [2.75, 3.05) is 38.7 Å². The molecule has 0 unspecified atom stereocenters. The van der Waals surface area contributed by atoms with Crippen molar-refractivity contribution in [3.05, 3.63) is 23.4 Å². The number of alkyl halides is 3. The first-order chi connectivity index (χ1) is 17.3. The van der Waals surface area contributed by atoms with Gasteiger partial charge in [0.1, 0.15) is 0 Å². The van der Waals surface area contributed by atoms with Crippen LogP contribution in [-0.2, 0) is 17.6 Å². The van der Waals surface area contributed by atoms with Crippen LogP contribution in [0.15, 0.2) is 12.1 Å². The lowest BCUT2D eigenvalue weighted by Crippen LogP contribution is -2.22. The fourth-order valence-electron chi connectivity index (χ4n) is 4.78. The van der Waals surface area contributed by atoms with E-state index in [1.165, 1.54) is 73.9 Å². The van der Waals surface area contributed by atoms with E-state index in [-0.39, 0.29) is 0 Å². The molecule has 2 aromatic rings. The van der Waals surface area contributed by atoms with Gasteiger partial charge in [-0.15, -0.1) is 0 Å². The average molecular weight is 510 g/mol. The molecule has 1 saturated carbocycles. The van der Waals surface area contributed by atoms with E-state index in [4.69, 9.17) is 24.4 Å². The fraction of sp³-hybridized carbons (Fsp3) is 0.615. The molecule has 2 heterocycles. The minimum atomic E-state index is -5.08. The normalized spacial score (nSPS) is 17.8. The van der Waals surface area contributed by atoms with Crippen molar-refractivity contribution in [1.82, 2.24) is 9.88 Å². The van der Waals surface area contributed by atoms with Crippen LogP contribution in [0.25, 0.3) is 10.9 Å². The molecule has 3 aliphatic rings. The molecule has 0 radical (unpaired) electrons. The molecule has 5 rings (SSSR count). The number of hydrogen-bond acceptors (Lipinski definition) is 6. The number of carbonyl (C=O) groups is 1. The number of aliphatic carboxylic acids is 1. The maximum Gasteiger partial charge on any atom is 0.490 e. The second-order valence-corrected chi connectivity index (χ2v) is 9.61. The van der Waals surface area contributed by atoms with Crippen LogP contribution in [0.5, 0.6) is 11.5 Å². The number of aromatic nitrogens is 1. The summed E-state index contributed by atoms with van der Waals surface area (Å²) in [7, 11) is 1.73. The standard InChI is InChI=1S/C24H33N3O2.C2HF3O2/c1-28-22-15-19-21(16-23(22)29-14-6-13-27-11-4-5-12-27)26-20-8-3-2-7-18(20)24(19)25-17-9-10-17;3-2(4,5)1(6)7/h15-17H,2-14H2,1H3,(H,25,26);(H,6,7). The number of carboxylic acids is 1. The summed E-state index contributed by atoms with van der Waals surface area (Å²) in [6.45, 7) is 4.32. The molecule has 2 N–H and O–H groups in total. The molecule has 7 nitrogen and oxygen atoms in total. The highest BCUT2D eigenvalue weighted by Crippen LogP contribution is 2.41. The molecule has 0 amide bonds. The molecular formula is C26H34F3N3O4. The van der Waals surface area contributed by atoms with Crippen LogP contribution in [0.2, 0.25) is 0 Å². The van der Waals surface area contributed by atoms with Gasteiger partial charge in [0, 0.05) is 35.4 Å². The van der Waals surface area contributed by atoms with Gasteiger partial charge in [-0.3, -0.25) is 4.98 Å². The lowest BCUT2D eigenvalue weighted by molar-refractivity contribution is -0.192. The maximum atomic E-state index is 10.6. The summed E-state index contributed by atoms with van der Waals surface area (Å²) in [5.41, 5.74) is 5.03. The number of carboxylic acid groups (broad SMARTS) is 1. The Morgan fingerprint density at radius 2 is 1.83 bits per heavy atom. The first-order valence-electron chi connectivity index (χ1n) is 12.7. The van der Waals surface area contributed by atoms with Crippen molar-refractivity contribution < 1.29 is 32.5 Å². The third-order valence-electron chi connectivity index (χ3n) is 6.79. The number of fused-ring (bicyclic) bond motifs is 2. The van der Waals surface area contributed by atoms with Gasteiger partial charge >= 0.3 is 12.1 Å². The number of nitrogens with zero attached hydrogens (tertiary/aromatic N) is 2. The van der Waals surface area contributed by atoms with E-state index in [1.807, 2.05) is 0 Å². The third kappa shape index (κ3) is 6.72. The van der Waals surface area contributed by atoms with Crippen molar-refractivity contribution in [3.8, 4) is 11.5 Å². The molecule has 0 atom stereocenters. The van der Waals surface area contributed by atoms with Crippen molar-refractivity contribution >= 4 is 22.6 Å². The number of rotatable bonds is 8. The van der Waals surface area contributed by atoms with Crippen molar-refractivity contribution in [2.45, 2.75) is 70.0 Å². The van der Waals surface area contributed by atoms with E-state index < -0.39 is 12.1 Å². The largest absolute Gasteiger partial charge is 0.493 e. The molecule has 36 heavy (non-hydrogen) atoms. The fourth-order valence-corrected chi connectivity index (χ4v) is 4.78. The Bertz CT molecular complexity index is 1070. The molecular weight excluding hydrogens is 475 g/mol. The molecule has 198 valence electrons. The zero-order chi connectivity index (χ0) is 25.7. The predicted molar refractivity (Wildman–Crippen MR) is 131 cm³/mol. The number of likely N-dealkylation sites (tertiary alicyclic amines) is 1. The number of methoxy groups -OCH3 is 1. The Labute approximate surface area is 209 Å². The van der Waals surface area contributed by atoms with Gasteiger partial charge < -0.3 is 24.8 Å². The van der Waals surface area contributed by atoms with E-state index in [2.05, 4.69) is 22.3 Å². The molecule has 1 saturated heterocycles. The Morgan fingerprint density at radius 3 is 2.47 bits per heavy atom. The number of ether oxygens (including phenoxy) is 2. The summed E-state index contributed by atoms with van der Waals surface area (Å²) < 4.78 is 43.6. The Hall–Kier alpha value is -2.75. The van der Waals surface area contributed by atoms with E-state index in [0.717, 1.165) is 49.4 Å². The predicted octanol–water partition coefficient (Wildman–Crippen LogP) is 5.19. The van der Waals surface area contributed by atoms with Crippen LogP contribution in [0.1, 0.15) is 56.2 Å². The van der Waals surface area contributed by atoms with Crippen LogP contribution in [-0.4, -0.2) is 66.5 Å². The van der Waals surface area contributed by atoms with Gasteiger partial charge in [-0.1, -0.05) is 0 Å². The highest BCUT2D eigenvalue weighted by Gasteiger charge is 2.38. The maximum absolute atomic E-state index is 10.6. The zero-order valence-electron chi connectivity index (χ0n) is 20.6. The van der Waals surface area contributed by atoms with Crippen LogP contribution < -0.4 is 14.8 Å². The lowest BCUT2D eigenvalue weighted by Gasteiger charge is -2.22. The highest BCUT2D eigenvalue weighted by atomic mass is 19.4. The summed E-state index contributed by atoms with van der Waals surface area (Å²) in [5, 5.41) is 12.1. The van der Waals surface area contributed by atoms with E-state index in [1.54, 1.807) is 7.11 Å². The summed E-state index contributed by atoms with van der Waals surface area (Å²) in [6, 6.07) is 4.86. The molecule has 2 fully saturated rings. The second kappa shape index (κ2) is 11.5. The number of pyridine rings is 1. The van der Waals surface area contributed by atoms with Gasteiger partial charge in [0.15, 0.2) is 11.5 Å². The van der Waals surface area contributed by atoms with E-state index in [9.17, 15) is 13.2 Å². The Balaban J connectivity index is 0.000000384. The van der Waals surface area contributed by atoms with Crippen LogP contribution in [0.3, 0.4) is 0 Å². The molecule has 1 aliphatic heterocycles. The van der Waals surface area contributed by atoms with E-state index >= 15 is 0 Å². The summed E-state index contributed by atoms with van der Waals surface area (Å²) >= 11 is 0. The van der Waals surface area contributed by atoms with Crippen LogP contribution in [0, 0.1) is 0 Å². The van der Waals surface area contributed by atoms with Crippen LogP contribution in [0.4, 0.5) is 18.9 Å². The molecule has 1 aromatic carbocycles. The van der Waals surface area contributed by atoms with Crippen molar-refractivity contribution in [2.24, 2.45) is 0 Å². The topological polar surface area (TPSA) is 83.9 Å². The first kappa shape index (κ1) is 26.3. The molecule has 0 bridgehead atoms. The quantitative estimate of drug-likeness (QED) is 0.474. The number of hydrogen-bond donors (Lipinski definition) is 2. The third-order valence-corrected chi connectivity index (χ3v) is 6.79. The molecule has 10 heteroatoms. The highest BCUT2D eigenvalue weighted by molar-refractivity contribution is 5.96. The summed E-state index contributed by atoms with van der Waals surface area (Å²) in [5.74, 6) is -1.12. The van der Waals surface area contributed by atoms with Crippen molar-refractivity contribution in [1.29, 1.82) is 0 Å². The molecule has 0 spiro atoms. The average Bonchev–Trinajstić information content (AvgIpc) is 3.52. The minimum Gasteiger partial charge on any atom is -0.493 e. The lowest BCUT2D eigenvalue weighted by atomic mass is 9.92. The first-order valence-corrected chi connectivity index (χ1v) is 12.7. The van der Waals surface area contributed by atoms with E-state index in [0.29, 0.717) is 6.04 Å². The number of anilines is 1. The minimum absolute atomic E-state index is 0.624. The smallest absolute Gasteiger partial charge is 0.490 e. The second-order valence-electron chi connectivity index (χ2n) is 9.61. The zero-order valence-corrected chi connectivity index (χ0v) is 20.6. The molecule has 2 aliphatic carbocycles. The van der Waals surface area contributed by atoms with Gasteiger partial charge in [0.2, 0.25) is 0 Å². The summed E-state index contributed by atoms with van der Waals surface area (Å²) in [6.07, 6.45) is 5.90. The van der Waals surface area contributed by atoms with Gasteiger partial charge in [0.05, 0.1) is 19.2 Å². The van der Waals surface area contributed by atoms with Crippen molar-refractivity contribution in [3.63, 3.8) is 0 Å². The van der Waals surface area contributed by atoms with Crippen LogP contribution >= 0.6 is 0 Å². The molecule has 1 aromatic heterocycles. The number of nitrogens with one attached hydrogen (secondary N) is 1. The Morgan fingerprint density at radius 1 is 1.14 bits per heavy atom.